The van der Waals surface area contributed by atoms with Crippen molar-refractivity contribution in [2.75, 3.05) is 14.2 Å². The zero-order valence-corrected chi connectivity index (χ0v) is 35.1. The first-order chi connectivity index (χ1) is 27.6. The minimum absolute atomic E-state index is 0.0737. The summed E-state index contributed by atoms with van der Waals surface area (Å²) in [5.74, 6) is -3.41. The Hall–Kier alpha value is -5.26. The molecule has 2 aliphatic carbocycles. The van der Waals surface area contributed by atoms with Gasteiger partial charge < -0.3 is 29.6 Å². The van der Waals surface area contributed by atoms with Gasteiger partial charge >= 0.3 is 11.9 Å². The Kier molecular flexibility index (Phi) is 14.7. The number of ether oxygens (including phenoxy) is 4. The number of carbonyl (C=O) groups is 5. The number of pyridine rings is 1. The molecule has 0 spiro atoms. The van der Waals surface area contributed by atoms with Gasteiger partial charge in [-0.2, -0.15) is 0 Å². The summed E-state index contributed by atoms with van der Waals surface area (Å²) >= 11 is 0. The Balaban J connectivity index is 1.47. The molecule has 312 valence electrons. The van der Waals surface area contributed by atoms with Gasteiger partial charge in [0.1, 0.15) is 41.1 Å². The van der Waals surface area contributed by atoms with Gasteiger partial charge in [0, 0.05) is 41.5 Å². The molecule has 1 saturated carbocycles. The minimum atomic E-state index is -1.03. The maximum Gasteiger partial charge on any atom is 0.328 e. The molecule has 58 heavy (non-hydrogen) atoms. The van der Waals surface area contributed by atoms with Crippen LogP contribution in [0.3, 0.4) is 0 Å². The highest BCUT2D eigenvalue weighted by Gasteiger charge is 2.41. The first-order valence-corrected chi connectivity index (χ1v) is 20.5. The Morgan fingerprint density at radius 3 is 2.22 bits per heavy atom. The average molecular weight is 798 g/mol. The summed E-state index contributed by atoms with van der Waals surface area (Å²) in [5, 5.41) is 6.49. The van der Waals surface area contributed by atoms with E-state index in [1.165, 1.54) is 7.11 Å². The van der Waals surface area contributed by atoms with Gasteiger partial charge in [0.05, 0.1) is 37.3 Å². The molecule has 12 nitrogen and oxygen atoms in total. The highest BCUT2D eigenvalue weighted by atomic mass is 16.6. The van der Waals surface area contributed by atoms with Gasteiger partial charge in [0.2, 0.25) is 11.8 Å². The largest absolute Gasteiger partial charge is 0.497 e. The van der Waals surface area contributed by atoms with E-state index in [0.717, 1.165) is 37.7 Å². The Morgan fingerprint density at radius 1 is 0.897 bits per heavy atom. The normalized spacial score (nSPS) is 18.7. The lowest BCUT2D eigenvalue weighted by Crippen LogP contribution is -2.56. The number of ketones is 1. The fourth-order valence-corrected chi connectivity index (χ4v) is 7.82. The van der Waals surface area contributed by atoms with E-state index in [-0.39, 0.29) is 36.0 Å². The molecule has 1 fully saturated rings. The summed E-state index contributed by atoms with van der Waals surface area (Å²) in [6, 6.07) is 15.1. The molecule has 2 aromatic carbocycles. The highest BCUT2D eigenvalue weighted by molar-refractivity contribution is 6.04. The van der Waals surface area contributed by atoms with E-state index in [4.69, 9.17) is 23.9 Å². The second kappa shape index (κ2) is 19.5. The molecule has 5 atom stereocenters. The second-order valence-electron chi connectivity index (χ2n) is 16.7. The number of hydrogen-bond donors (Lipinski definition) is 2. The summed E-state index contributed by atoms with van der Waals surface area (Å²) in [7, 11) is 2.88. The van der Waals surface area contributed by atoms with Crippen molar-refractivity contribution in [2.45, 2.75) is 117 Å². The van der Waals surface area contributed by atoms with Crippen molar-refractivity contribution in [1.29, 1.82) is 0 Å². The van der Waals surface area contributed by atoms with E-state index < -0.39 is 59.4 Å². The lowest BCUT2D eigenvalue weighted by atomic mass is 9.83. The SMILES string of the molecule is CC[C@H](CC(=O)C1CC(Oc2cc(-c3ccccc3)nc3cc(OC)ccc23)C=C1C(=O)N[C@@H](C(=O)N[C@@H](C(=O)OC)C1CCCCC1)C(C)C)C(=O)OC(C)(C)C. The predicted octanol–water partition coefficient (Wildman–Crippen LogP) is 7.31. The van der Waals surface area contributed by atoms with E-state index >= 15 is 0 Å². The molecule has 0 aliphatic heterocycles. The van der Waals surface area contributed by atoms with E-state index in [9.17, 15) is 24.0 Å². The first kappa shape index (κ1) is 43.9. The Bertz CT molecular complexity index is 1980. The summed E-state index contributed by atoms with van der Waals surface area (Å²) in [6.07, 6.45) is 5.80. The van der Waals surface area contributed by atoms with E-state index in [2.05, 4.69) is 10.6 Å². The molecule has 0 saturated heterocycles. The predicted molar refractivity (Wildman–Crippen MR) is 221 cm³/mol. The van der Waals surface area contributed by atoms with Gasteiger partial charge in [0.25, 0.3) is 0 Å². The number of hydrogen-bond acceptors (Lipinski definition) is 10. The average Bonchev–Trinajstić information content (AvgIpc) is 3.64. The maximum atomic E-state index is 14.4. The van der Waals surface area contributed by atoms with Crippen molar-refractivity contribution in [2.24, 2.45) is 23.7 Å². The van der Waals surface area contributed by atoms with Crippen LogP contribution < -0.4 is 20.1 Å². The van der Waals surface area contributed by atoms with E-state index in [1.807, 2.05) is 61.5 Å². The number of fused-ring (bicyclic) bond motifs is 1. The number of aromatic nitrogens is 1. The lowest BCUT2D eigenvalue weighted by Gasteiger charge is -2.31. The van der Waals surface area contributed by atoms with Crippen LogP contribution in [0.1, 0.15) is 92.9 Å². The molecule has 2 amide bonds. The van der Waals surface area contributed by atoms with Crippen LogP contribution in [-0.2, 0) is 33.4 Å². The fraction of sp³-hybridized carbons (Fsp3) is 0.522. The van der Waals surface area contributed by atoms with Crippen LogP contribution >= 0.6 is 0 Å². The third kappa shape index (κ3) is 11.0. The van der Waals surface area contributed by atoms with Crippen LogP contribution in [0.15, 0.2) is 66.2 Å². The van der Waals surface area contributed by atoms with Crippen LogP contribution in [0, 0.1) is 23.7 Å². The van der Waals surface area contributed by atoms with Gasteiger partial charge in [-0.05, 0) is 70.1 Å². The number of Topliss-reactive ketones (excluding diaryl/α,β-unsaturated/α-hetero) is 1. The molecule has 2 aliphatic rings. The van der Waals surface area contributed by atoms with Crippen LogP contribution in [0.2, 0.25) is 0 Å². The molecule has 2 N–H and O–H groups in total. The molecule has 0 bridgehead atoms. The Labute approximate surface area is 341 Å². The van der Waals surface area contributed by atoms with E-state index in [1.54, 1.807) is 47.8 Å². The molecule has 5 rings (SSSR count). The molecule has 1 heterocycles. The zero-order valence-electron chi connectivity index (χ0n) is 35.1. The summed E-state index contributed by atoms with van der Waals surface area (Å²) in [5.41, 5.74) is 1.58. The zero-order chi connectivity index (χ0) is 42.1. The maximum absolute atomic E-state index is 14.4. The van der Waals surface area contributed by atoms with Gasteiger partial charge in [-0.1, -0.05) is 70.4 Å². The van der Waals surface area contributed by atoms with Crippen molar-refractivity contribution < 1.29 is 42.9 Å². The second-order valence-corrected chi connectivity index (χ2v) is 16.7. The van der Waals surface area contributed by atoms with E-state index in [0.29, 0.717) is 34.5 Å². The number of esters is 2. The molecule has 2 unspecified atom stereocenters. The van der Waals surface area contributed by atoms with Crippen molar-refractivity contribution in [3.8, 4) is 22.8 Å². The number of methoxy groups -OCH3 is 2. The van der Waals surface area contributed by atoms with Crippen LogP contribution in [0.25, 0.3) is 22.2 Å². The third-order valence-electron chi connectivity index (χ3n) is 11.0. The van der Waals surface area contributed by atoms with Crippen molar-refractivity contribution in [3.05, 3.63) is 66.2 Å². The van der Waals surface area contributed by atoms with Gasteiger partial charge in [0.15, 0.2) is 0 Å². The number of nitrogens with one attached hydrogen (secondary N) is 2. The first-order valence-electron chi connectivity index (χ1n) is 20.5. The monoisotopic (exact) mass is 797 g/mol. The molecular weight excluding hydrogens is 739 g/mol. The summed E-state index contributed by atoms with van der Waals surface area (Å²) in [4.78, 5) is 73.5. The molecule has 0 radical (unpaired) electrons. The number of carbonyl (C=O) groups excluding carboxylic acids is 5. The summed E-state index contributed by atoms with van der Waals surface area (Å²) < 4.78 is 22.9. The van der Waals surface area contributed by atoms with Crippen LogP contribution in [0.5, 0.6) is 11.5 Å². The Morgan fingerprint density at radius 2 is 1.60 bits per heavy atom. The number of rotatable bonds is 16. The van der Waals surface area contributed by atoms with Gasteiger partial charge in [-0.25, -0.2) is 9.78 Å². The lowest BCUT2D eigenvalue weighted by molar-refractivity contribution is -0.161. The molecule has 12 heteroatoms. The van der Waals surface area contributed by atoms with Crippen LogP contribution in [0.4, 0.5) is 0 Å². The minimum Gasteiger partial charge on any atom is -0.497 e. The summed E-state index contributed by atoms with van der Waals surface area (Å²) in [6.45, 7) is 10.7. The van der Waals surface area contributed by atoms with Crippen molar-refractivity contribution >= 4 is 40.4 Å². The van der Waals surface area contributed by atoms with Crippen molar-refractivity contribution in [1.82, 2.24) is 15.6 Å². The van der Waals surface area contributed by atoms with Crippen LogP contribution in [-0.4, -0.2) is 72.5 Å². The smallest absolute Gasteiger partial charge is 0.328 e. The highest BCUT2D eigenvalue weighted by Crippen LogP contribution is 2.37. The number of benzene rings is 2. The van der Waals surface area contributed by atoms with Gasteiger partial charge in [-0.3, -0.25) is 19.2 Å². The number of amides is 2. The topological polar surface area (TPSA) is 159 Å². The number of nitrogens with zero attached hydrogens (tertiary/aromatic N) is 1. The molecule has 1 aromatic heterocycles. The molecule has 3 aromatic rings. The van der Waals surface area contributed by atoms with Gasteiger partial charge in [-0.15, -0.1) is 0 Å². The van der Waals surface area contributed by atoms with Crippen molar-refractivity contribution in [3.63, 3.8) is 0 Å². The standard InChI is InChI=1S/C46H59N3O9/c1-9-28(44(53)58-46(4,5)6)22-38(50)34-23-32(57-39-26-36(29-16-12-10-13-17-29)47-37-25-31(55-7)20-21-33(37)39)24-35(34)42(51)48-40(27(2)3)43(52)49-41(45(54)56-8)30-18-14-11-15-19-30/h10,12-13,16-17,20-21,24-28,30,32,34,40-41H,9,11,14-15,18-19,22-23H2,1-8H3,(H,48,51)(H,49,52)/t28-,32?,34?,40-,41-/m1/s1. The quantitative estimate of drug-likeness (QED) is 0.141. The fourth-order valence-electron chi connectivity index (χ4n) is 7.82. The molecular formula is C46H59N3O9. The third-order valence-corrected chi connectivity index (χ3v) is 11.0.